The summed E-state index contributed by atoms with van der Waals surface area (Å²) in [5, 5.41) is 10.5. The molecule has 1 aliphatic rings. The average Bonchev–Trinajstić information content (AvgIpc) is 2.95. The Balaban J connectivity index is 1.57. The molecule has 2 N–H and O–H groups in total. The molecule has 21 heavy (non-hydrogen) atoms. The highest BCUT2D eigenvalue weighted by Gasteiger charge is 2.23. The maximum Gasteiger partial charge on any atom is 0.241 e. The van der Waals surface area contributed by atoms with Gasteiger partial charge in [0.25, 0.3) is 0 Å². The molecule has 0 aliphatic heterocycles. The Labute approximate surface area is 123 Å². The fourth-order valence-electron chi connectivity index (χ4n) is 2.28. The first kappa shape index (κ1) is 13.7. The van der Waals surface area contributed by atoms with Crippen LogP contribution in [0.3, 0.4) is 0 Å². The van der Waals surface area contributed by atoms with Gasteiger partial charge in [-0.2, -0.15) is 5.10 Å². The lowest BCUT2D eigenvalue weighted by Gasteiger charge is -2.13. The van der Waals surface area contributed by atoms with Crippen LogP contribution in [0.1, 0.15) is 31.6 Å². The minimum absolute atomic E-state index is 0.0179. The lowest BCUT2D eigenvalue weighted by atomic mass is 10.3. The Bertz CT molecular complexity index is 627. The van der Waals surface area contributed by atoms with Gasteiger partial charge in [-0.3, -0.25) is 9.48 Å². The fourth-order valence-corrected chi connectivity index (χ4v) is 2.28. The molecular weight excluding hydrogens is 268 g/mol. The van der Waals surface area contributed by atoms with Crippen LogP contribution in [0, 0.1) is 0 Å². The molecule has 2 aromatic heterocycles. The lowest BCUT2D eigenvalue weighted by Crippen LogP contribution is -2.29. The summed E-state index contributed by atoms with van der Waals surface area (Å²) < 4.78 is 3.62. The van der Waals surface area contributed by atoms with Crippen LogP contribution < -0.4 is 10.6 Å². The molecular formula is C14H20N6O. The number of aromatic nitrogens is 4. The number of nitrogens with zero attached hydrogens (tertiary/aromatic N) is 4. The van der Waals surface area contributed by atoms with E-state index in [0.717, 1.165) is 24.4 Å². The number of imidazole rings is 1. The summed E-state index contributed by atoms with van der Waals surface area (Å²) in [6.07, 6.45) is 9.45. The van der Waals surface area contributed by atoms with E-state index in [1.807, 2.05) is 30.9 Å². The highest BCUT2D eigenvalue weighted by atomic mass is 16.2. The predicted molar refractivity (Wildman–Crippen MR) is 78.6 cm³/mol. The van der Waals surface area contributed by atoms with Gasteiger partial charge in [0.15, 0.2) is 0 Å². The summed E-state index contributed by atoms with van der Waals surface area (Å²) in [5.41, 5.74) is 0.879. The van der Waals surface area contributed by atoms with Gasteiger partial charge >= 0.3 is 0 Å². The van der Waals surface area contributed by atoms with Crippen molar-refractivity contribution >= 4 is 11.6 Å². The van der Waals surface area contributed by atoms with Crippen LogP contribution in [-0.2, 0) is 18.4 Å². The number of hydrogen-bond donors (Lipinski definition) is 2. The molecule has 0 radical (unpaired) electrons. The van der Waals surface area contributed by atoms with Gasteiger partial charge in [0.1, 0.15) is 12.4 Å². The van der Waals surface area contributed by atoms with Crippen LogP contribution >= 0.6 is 0 Å². The number of rotatable bonds is 6. The summed E-state index contributed by atoms with van der Waals surface area (Å²) in [5.74, 6) is 0.971. The number of carbonyl (C=O) groups excluding carboxylic acids is 1. The second kappa shape index (κ2) is 5.59. The molecule has 112 valence electrons. The van der Waals surface area contributed by atoms with Gasteiger partial charge in [-0.25, -0.2) is 4.98 Å². The van der Waals surface area contributed by atoms with Crippen molar-refractivity contribution in [1.29, 1.82) is 0 Å². The quantitative estimate of drug-likeness (QED) is 0.833. The summed E-state index contributed by atoms with van der Waals surface area (Å²) in [7, 11) is 1.96. The number of amides is 1. The molecule has 1 saturated carbocycles. The standard InChI is InChI=1S/C14H20N6O/c1-10(14-15-5-6-19(14)2)17-12-7-16-20(8-12)9-13(21)18-11-3-4-11/h5-8,10-11,17H,3-4,9H2,1-2H3,(H,18,21). The van der Waals surface area contributed by atoms with Crippen molar-refractivity contribution in [1.82, 2.24) is 24.6 Å². The molecule has 1 amide bonds. The van der Waals surface area contributed by atoms with Crippen molar-refractivity contribution in [2.75, 3.05) is 5.32 Å². The maximum absolute atomic E-state index is 11.7. The van der Waals surface area contributed by atoms with Crippen LogP contribution in [0.2, 0.25) is 0 Å². The van der Waals surface area contributed by atoms with Gasteiger partial charge in [-0.15, -0.1) is 0 Å². The van der Waals surface area contributed by atoms with Gasteiger partial charge < -0.3 is 15.2 Å². The van der Waals surface area contributed by atoms with Crippen molar-refractivity contribution < 1.29 is 4.79 Å². The van der Waals surface area contributed by atoms with E-state index in [1.54, 1.807) is 17.1 Å². The zero-order valence-electron chi connectivity index (χ0n) is 12.3. The minimum Gasteiger partial charge on any atom is -0.373 e. The van der Waals surface area contributed by atoms with Crippen molar-refractivity contribution in [3.05, 3.63) is 30.6 Å². The second-order valence-corrected chi connectivity index (χ2v) is 5.53. The third-order valence-corrected chi connectivity index (χ3v) is 3.51. The Kier molecular flexibility index (Phi) is 3.64. The fraction of sp³-hybridized carbons (Fsp3) is 0.500. The van der Waals surface area contributed by atoms with Gasteiger partial charge in [-0.05, 0) is 19.8 Å². The minimum atomic E-state index is 0.0179. The third kappa shape index (κ3) is 3.42. The molecule has 0 bridgehead atoms. The summed E-state index contributed by atoms with van der Waals surface area (Å²) in [6, 6.07) is 0.456. The van der Waals surface area contributed by atoms with Crippen LogP contribution in [-0.4, -0.2) is 31.3 Å². The summed E-state index contributed by atoms with van der Waals surface area (Å²) in [6.45, 7) is 2.30. The molecule has 2 aromatic rings. The van der Waals surface area contributed by atoms with Gasteiger partial charge in [0.2, 0.25) is 5.91 Å². The van der Waals surface area contributed by atoms with E-state index in [1.165, 1.54) is 0 Å². The maximum atomic E-state index is 11.7. The number of anilines is 1. The van der Waals surface area contributed by atoms with Crippen LogP contribution in [0.25, 0.3) is 0 Å². The second-order valence-electron chi connectivity index (χ2n) is 5.53. The average molecular weight is 288 g/mol. The van der Waals surface area contributed by atoms with E-state index >= 15 is 0 Å². The third-order valence-electron chi connectivity index (χ3n) is 3.51. The predicted octanol–water partition coefficient (Wildman–Crippen LogP) is 1.07. The Morgan fingerprint density at radius 2 is 2.33 bits per heavy atom. The molecule has 3 rings (SSSR count). The SMILES string of the molecule is CC(Nc1cnn(CC(=O)NC2CC2)c1)c1nccn1C. The Morgan fingerprint density at radius 3 is 3.00 bits per heavy atom. The van der Waals surface area contributed by atoms with E-state index in [9.17, 15) is 4.79 Å². The Morgan fingerprint density at radius 1 is 1.52 bits per heavy atom. The van der Waals surface area contributed by atoms with Gasteiger partial charge in [0, 0.05) is 31.7 Å². The van der Waals surface area contributed by atoms with Crippen molar-refractivity contribution in [2.45, 2.75) is 38.4 Å². The van der Waals surface area contributed by atoms with E-state index in [0.29, 0.717) is 6.04 Å². The van der Waals surface area contributed by atoms with E-state index < -0.39 is 0 Å². The van der Waals surface area contributed by atoms with Crippen LogP contribution in [0.15, 0.2) is 24.8 Å². The van der Waals surface area contributed by atoms with Crippen molar-refractivity contribution in [2.24, 2.45) is 7.05 Å². The van der Waals surface area contributed by atoms with Gasteiger partial charge in [0.05, 0.1) is 17.9 Å². The van der Waals surface area contributed by atoms with E-state index in [4.69, 9.17) is 0 Å². The smallest absolute Gasteiger partial charge is 0.241 e. The Hall–Kier alpha value is -2.31. The number of aryl methyl sites for hydroxylation is 1. The molecule has 0 spiro atoms. The zero-order valence-corrected chi connectivity index (χ0v) is 12.3. The number of carbonyl (C=O) groups is 1. The zero-order chi connectivity index (χ0) is 14.8. The van der Waals surface area contributed by atoms with E-state index in [2.05, 4.69) is 20.7 Å². The first-order valence-corrected chi connectivity index (χ1v) is 7.17. The van der Waals surface area contributed by atoms with Crippen molar-refractivity contribution in [3.8, 4) is 0 Å². The van der Waals surface area contributed by atoms with E-state index in [-0.39, 0.29) is 18.5 Å². The number of hydrogen-bond acceptors (Lipinski definition) is 4. The van der Waals surface area contributed by atoms with Crippen molar-refractivity contribution in [3.63, 3.8) is 0 Å². The molecule has 1 fully saturated rings. The summed E-state index contributed by atoms with van der Waals surface area (Å²) >= 11 is 0. The largest absolute Gasteiger partial charge is 0.373 e. The summed E-state index contributed by atoms with van der Waals surface area (Å²) in [4.78, 5) is 16.0. The van der Waals surface area contributed by atoms with Gasteiger partial charge in [-0.1, -0.05) is 0 Å². The van der Waals surface area contributed by atoms with Crippen LogP contribution in [0.4, 0.5) is 5.69 Å². The topological polar surface area (TPSA) is 76.8 Å². The number of nitrogens with one attached hydrogen (secondary N) is 2. The molecule has 7 heteroatoms. The highest BCUT2D eigenvalue weighted by Crippen LogP contribution is 2.19. The highest BCUT2D eigenvalue weighted by molar-refractivity contribution is 5.76. The first-order valence-electron chi connectivity index (χ1n) is 7.17. The molecule has 0 aromatic carbocycles. The lowest BCUT2D eigenvalue weighted by molar-refractivity contribution is -0.122. The molecule has 7 nitrogen and oxygen atoms in total. The monoisotopic (exact) mass is 288 g/mol. The van der Waals surface area contributed by atoms with Crippen LogP contribution in [0.5, 0.6) is 0 Å². The normalized spacial score (nSPS) is 15.7. The molecule has 1 atom stereocenters. The molecule has 1 unspecified atom stereocenters. The molecule has 0 saturated heterocycles. The molecule has 2 heterocycles. The molecule has 1 aliphatic carbocycles. The first-order chi connectivity index (χ1) is 10.1.